The van der Waals surface area contributed by atoms with E-state index < -0.39 is 5.97 Å². The van der Waals surface area contributed by atoms with Crippen molar-refractivity contribution in [2.75, 3.05) is 6.54 Å². The highest BCUT2D eigenvalue weighted by Gasteiger charge is 2.25. The van der Waals surface area contributed by atoms with E-state index in [9.17, 15) is 9.59 Å². The highest BCUT2D eigenvalue weighted by molar-refractivity contribution is 5.74. The van der Waals surface area contributed by atoms with Crippen molar-refractivity contribution in [3.05, 3.63) is 0 Å². The van der Waals surface area contributed by atoms with E-state index in [0.717, 1.165) is 25.2 Å². The number of carbonyl (C=O) groups is 2. The molecule has 1 saturated carbocycles. The molecule has 0 aromatic heterocycles. The number of aliphatic carboxylic acids is 1. The molecule has 122 valence electrons. The maximum Gasteiger partial charge on any atom is 0.315 e. The first-order valence-corrected chi connectivity index (χ1v) is 8.14. The Kier molecular flexibility index (Phi) is 7.54. The van der Waals surface area contributed by atoms with Gasteiger partial charge in [0, 0.05) is 19.0 Å². The van der Waals surface area contributed by atoms with Gasteiger partial charge in [-0.1, -0.05) is 20.8 Å². The van der Waals surface area contributed by atoms with E-state index >= 15 is 0 Å². The topological polar surface area (TPSA) is 78.4 Å². The summed E-state index contributed by atoms with van der Waals surface area (Å²) in [5.41, 5.74) is 0. The maximum atomic E-state index is 11.8. The summed E-state index contributed by atoms with van der Waals surface area (Å²) >= 11 is 0. The number of carbonyl (C=O) groups excluding carboxylic acids is 1. The highest BCUT2D eigenvalue weighted by Crippen LogP contribution is 2.29. The average Bonchev–Trinajstić information content (AvgIpc) is 2.40. The predicted octanol–water partition coefficient (Wildman–Crippen LogP) is 3.00. The Morgan fingerprint density at radius 2 is 1.90 bits per heavy atom. The summed E-state index contributed by atoms with van der Waals surface area (Å²) in [6.07, 6.45) is 4.98. The summed E-state index contributed by atoms with van der Waals surface area (Å²) in [6, 6.07) is 0.202. The molecule has 0 bridgehead atoms. The van der Waals surface area contributed by atoms with Crippen molar-refractivity contribution in [3.63, 3.8) is 0 Å². The second-order valence-corrected chi connectivity index (χ2v) is 6.69. The van der Waals surface area contributed by atoms with Gasteiger partial charge in [0.15, 0.2) is 0 Å². The van der Waals surface area contributed by atoms with Crippen molar-refractivity contribution in [1.29, 1.82) is 0 Å². The van der Waals surface area contributed by atoms with Gasteiger partial charge in [0.25, 0.3) is 0 Å². The number of rotatable bonds is 7. The van der Waals surface area contributed by atoms with Crippen molar-refractivity contribution in [2.45, 2.75) is 65.3 Å². The Hall–Kier alpha value is -1.26. The predicted molar refractivity (Wildman–Crippen MR) is 83.2 cm³/mol. The largest absolute Gasteiger partial charge is 0.481 e. The van der Waals surface area contributed by atoms with Crippen molar-refractivity contribution in [3.8, 4) is 0 Å². The molecule has 1 rings (SSSR count). The third-order valence-corrected chi connectivity index (χ3v) is 4.71. The molecule has 0 aromatic rings. The van der Waals surface area contributed by atoms with E-state index in [1.165, 1.54) is 6.42 Å². The van der Waals surface area contributed by atoms with Crippen molar-refractivity contribution >= 4 is 12.0 Å². The van der Waals surface area contributed by atoms with Crippen LogP contribution in [0.2, 0.25) is 0 Å². The zero-order valence-corrected chi connectivity index (χ0v) is 13.5. The van der Waals surface area contributed by atoms with Gasteiger partial charge < -0.3 is 15.7 Å². The molecule has 1 aliphatic rings. The van der Waals surface area contributed by atoms with Gasteiger partial charge in [-0.2, -0.15) is 0 Å². The second kappa shape index (κ2) is 8.90. The normalized spacial score (nSPS) is 26.9. The van der Waals surface area contributed by atoms with Gasteiger partial charge in [-0.15, -0.1) is 0 Å². The lowest BCUT2D eigenvalue weighted by Gasteiger charge is -2.32. The third-order valence-electron chi connectivity index (χ3n) is 4.71. The molecule has 0 aliphatic heterocycles. The SMILES string of the molecule is CC(CCNC(=O)NC1CCC(C)C(C)C1)CCC(=O)O. The van der Waals surface area contributed by atoms with E-state index in [1.54, 1.807) is 0 Å². The Bertz CT molecular complexity index is 346. The lowest BCUT2D eigenvalue weighted by Crippen LogP contribution is -2.45. The van der Waals surface area contributed by atoms with E-state index in [1.807, 2.05) is 6.92 Å². The van der Waals surface area contributed by atoms with Gasteiger partial charge in [-0.3, -0.25) is 4.79 Å². The van der Waals surface area contributed by atoms with E-state index in [2.05, 4.69) is 24.5 Å². The molecular weight excluding hydrogens is 268 g/mol. The minimum atomic E-state index is -0.756. The summed E-state index contributed by atoms with van der Waals surface area (Å²) in [6.45, 7) is 7.15. The van der Waals surface area contributed by atoms with Crippen LogP contribution in [0, 0.1) is 17.8 Å². The van der Waals surface area contributed by atoms with E-state index in [0.29, 0.717) is 30.8 Å². The van der Waals surface area contributed by atoms with E-state index in [-0.39, 0.29) is 12.5 Å². The van der Waals surface area contributed by atoms with Crippen LogP contribution >= 0.6 is 0 Å². The zero-order valence-electron chi connectivity index (χ0n) is 13.5. The van der Waals surface area contributed by atoms with Gasteiger partial charge in [0.05, 0.1) is 0 Å². The van der Waals surface area contributed by atoms with Crippen LogP contribution in [0.15, 0.2) is 0 Å². The summed E-state index contributed by atoms with van der Waals surface area (Å²) in [7, 11) is 0. The minimum absolute atomic E-state index is 0.0906. The lowest BCUT2D eigenvalue weighted by atomic mass is 9.79. The van der Waals surface area contributed by atoms with Crippen LogP contribution in [0.1, 0.15) is 59.3 Å². The molecule has 0 spiro atoms. The summed E-state index contributed by atoms with van der Waals surface area (Å²) in [5, 5.41) is 14.5. The number of nitrogens with one attached hydrogen (secondary N) is 2. The molecule has 3 N–H and O–H groups in total. The number of urea groups is 1. The molecule has 21 heavy (non-hydrogen) atoms. The number of carboxylic acids is 1. The lowest BCUT2D eigenvalue weighted by molar-refractivity contribution is -0.137. The molecule has 0 saturated heterocycles. The highest BCUT2D eigenvalue weighted by atomic mass is 16.4. The van der Waals surface area contributed by atoms with Gasteiger partial charge >= 0.3 is 12.0 Å². The van der Waals surface area contributed by atoms with Crippen LogP contribution in [-0.4, -0.2) is 29.7 Å². The Morgan fingerprint density at radius 3 is 2.52 bits per heavy atom. The Morgan fingerprint density at radius 1 is 1.19 bits per heavy atom. The first kappa shape index (κ1) is 17.8. The molecular formula is C16H30N2O3. The first-order valence-electron chi connectivity index (χ1n) is 8.14. The van der Waals surface area contributed by atoms with Crippen LogP contribution in [-0.2, 0) is 4.79 Å². The van der Waals surface area contributed by atoms with Crippen LogP contribution in [0.3, 0.4) is 0 Å². The minimum Gasteiger partial charge on any atom is -0.481 e. The van der Waals surface area contributed by atoms with Crippen LogP contribution in [0.25, 0.3) is 0 Å². The molecule has 1 fully saturated rings. The third kappa shape index (κ3) is 7.34. The zero-order chi connectivity index (χ0) is 15.8. The molecule has 2 amide bonds. The van der Waals surface area contributed by atoms with Crippen molar-refractivity contribution < 1.29 is 14.7 Å². The summed E-state index contributed by atoms with van der Waals surface area (Å²) in [4.78, 5) is 22.3. The Labute approximate surface area is 127 Å². The number of amides is 2. The fourth-order valence-corrected chi connectivity index (χ4v) is 2.86. The smallest absolute Gasteiger partial charge is 0.315 e. The number of carboxylic acid groups (broad SMARTS) is 1. The number of hydrogen-bond donors (Lipinski definition) is 3. The van der Waals surface area contributed by atoms with Crippen LogP contribution in [0.5, 0.6) is 0 Å². The molecule has 5 heteroatoms. The fourth-order valence-electron chi connectivity index (χ4n) is 2.86. The van der Waals surface area contributed by atoms with E-state index in [4.69, 9.17) is 5.11 Å². The summed E-state index contributed by atoms with van der Waals surface area (Å²) in [5.74, 6) is 0.978. The van der Waals surface area contributed by atoms with Gasteiger partial charge in [0.2, 0.25) is 0 Å². The second-order valence-electron chi connectivity index (χ2n) is 6.69. The molecule has 0 heterocycles. The molecule has 5 nitrogen and oxygen atoms in total. The number of hydrogen-bond acceptors (Lipinski definition) is 2. The quantitative estimate of drug-likeness (QED) is 0.676. The Balaban J connectivity index is 2.12. The van der Waals surface area contributed by atoms with Gasteiger partial charge in [-0.25, -0.2) is 4.79 Å². The van der Waals surface area contributed by atoms with Crippen molar-refractivity contribution in [1.82, 2.24) is 10.6 Å². The maximum absolute atomic E-state index is 11.8. The summed E-state index contributed by atoms with van der Waals surface area (Å²) < 4.78 is 0. The fraction of sp³-hybridized carbons (Fsp3) is 0.875. The monoisotopic (exact) mass is 298 g/mol. The van der Waals surface area contributed by atoms with Crippen molar-refractivity contribution in [2.24, 2.45) is 17.8 Å². The average molecular weight is 298 g/mol. The standard InChI is InChI=1S/C16H30N2O3/c1-11(4-7-15(19)20)8-9-17-16(21)18-14-6-5-12(2)13(3)10-14/h11-14H,4-10H2,1-3H3,(H,19,20)(H2,17,18,21). The molecule has 0 aromatic carbocycles. The van der Waals surface area contributed by atoms with Gasteiger partial charge in [-0.05, 0) is 49.9 Å². The molecule has 0 radical (unpaired) electrons. The molecule has 1 aliphatic carbocycles. The van der Waals surface area contributed by atoms with Crippen LogP contribution in [0.4, 0.5) is 4.79 Å². The van der Waals surface area contributed by atoms with Gasteiger partial charge in [0.1, 0.15) is 0 Å². The first-order chi connectivity index (χ1) is 9.88. The molecule has 4 unspecified atom stereocenters. The molecule has 4 atom stereocenters. The van der Waals surface area contributed by atoms with Crippen LogP contribution < -0.4 is 10.6 Å².